The lowest BCUT2D eigenvalue weighted by Gasteiger charge is -2.28. The van der Waals surface area contributed by atoms with E-state index in [2.05, 4.69) is 15.3 Å². The maximum absolute atomic E-state index is 13.8. The molecule has 0 saturated carbocycles. The Morgan fingerprint density at radius 2 is 2.12 bits per heavy atom. The van der Waals surface area contributed by atoms with Crippen molar-refractivity contribution < 1.29 is 4.39 Å². The minimum Gasteiger partial charge on any atom is -0.357 e. The highest BCUT2D eigenvalue weighted by molar-refractivity contribution is 5.39. The molecule has 1 aromatic heterocycles. The van der Waals surface area contributed by atoms with Crippen molar-refractivity contribution in [1.29, 1.82) is 0 Å². The fourth-order valence-corrected chi connectivity index (χ4v) is 2.25. The third kappa shape index (κ3) is 2.91. The first-order valence-corrected chi connectivity index (χ1v) is 6.07. The molecule has 94 valence electrons. The van der Waals surface area contributed by atoms with E-state index in [1.165, 1.54) is 6.33 Å². The average Bonchev–Trinajstić information content (AvgIpc) is 2.34. The number of aryl methyl sites for hydroxylation is 1. The second kappa shape index (κ2) is 5.40. The smallest absolute Gasteiger partial charge is 0.186 e. The van der Waals surface area contributed by atoms with Gasteiger partial charge in [-0.25, -0.2) is 14.4 Å². The van der Waals surface area contributed by atoms with Crippen molar-refractivity contribution in [3.63, 3.8) is 0 Å². The molecule has 0 spiro atoms. The van der Waals surface area contributed by atoms with E-state index in [-0.39, 0.29) is 5.82 Å². The van der Waals surface area contributed by atoms with Gasteiger partial charge in [-0.05, 0) is 38.8 Å². The van der Waals surface area contributed by atoms with Gasteiger partial charge in [0.1, 0.15) is 6.33 Å². The molecule has 0 bridgehead atoms. The molecule has 2 heterocycles. The van der Waals surface area contributed by atoms with E-state index in [0.717, 1.165) is 32.5 Å². The lowest BCUT2D eigenvalue weighted by molar-refractivity contribution is 0.376. The Bertz CT molecular complexity index is 377. The molecule has 1 aliphatic heterocycles. The van der Waals surface area contributed by atoms with E-state index < -0.39 is 0 Å². The van der Waals surface area contributed by atoms with Crippen LogP contribution in [0.2, 0.25) is 0 Å². The van der Waals surface area contributed by atoms with Crippen molar-refractivity contribution in [2.45, 2.75) is 19.8 Å². The fourth-order valence-electron chi connectivity index (χ4n) is 2.25. The number of halogens is 1. The standard InChI is InChI=1S/C12H19FN4/c1-9-11(13)12(16-8-15-9)17(2)7-10-3-5-14-6-4-10/h8,10,14H,3-7H2,1-2H3. The van der Waals surface area contributed by atoms with Crippen LogP contribution in [0.5, 0.6) is 0 Å². The first-order valence-electron chi connectivity index (χ1n) is 6.07. The summed E-state index contributed by atoms with van der Waals surface area (Å²) >= 11 is 0. The van der Waals surface area contributed by atoms with Gasteiger partial charge in [-0.1, -0.05) is 0 Å². The molecule has 0 atom stereocenters. The number of anilines is 1. The van der Waals surface area contributed by atoms with E-state index in [4.69, 9.17) is 0 Å². The molecule has 5 heteroatoms. The average molecular weight is 238 g/mol. The SMILES string of the molecule is Cc1ncnc(N(C)CC2CCNCC2)c1F. The van der Waals surface area contributed by atoms with Gasteiger partial charge in [-0.2, -0.15) is 0 Å². The first-order chi connectivity index (χ1) is 8.18. The van der Waals surface area contributed by atoms with Gasteiger partial charge >= 0.3 is 0 Å². The van der Waals surface area contributed by atoms with E-state index >= 15 is 0 Å². The largest absolute Gasteiger partial charge is 0.357 e. The summed E-state index contributed by atoms with van der Waals surface area (Å²) in [6.45, 7) is 4.64. The number of hydrogen-bond donors (Lipinski definition) is 1. The Morgan fingerprint density at radius 1 is 1.41 bits per heavy atom. The minimum atomic E-state index is -0.302. The van der Waals surface area contributed by atoms with Crippen LogP contribution in [0, 0.1) is 18.7 Å². The van der Waals surface area contributed by atoms with Crippen LogP contribution in [0.1, 0.15) is 18.5 Å². The summed E-state index contributed by atoms with van der Waals surface area (Å²) in [7, 11) is 1.90. The molecule has 4 nitrogen and oxygen atoms in total. The van der Waals surface area contributed by atoms with Crippen LogP contribution in [0.25, 0.3) is 0 Å². The summed E-state index contributed by atoms with van der Waals surface area (Å²) in [5.41, 5.74) is 0.409. The number of hydrogen-bond acceptors (Lipinski definition) is 4. The fraction of sp³-hybridized carbons (Fsp3) is 0.667. The van der Waals surface area contributed by atoms with Gasteiger partial charge in [0.2, 0.25) is 0 Å². The van der Waals surface area contributed by atoms with Crippen molar-refractivity contribution in [3.8, 4) is 0 Å². The van der Waals surface area contributed by atoms with E-state index in [0.29, 0.717) is 17.4 Å². The van der Waals surface area contributed by atoms with E-state index in [1.807, 2.05) is 11.9 Å². The summed E-state index contributed by atoms with van der Waals surface area (Å²) in [5.74, 6) is 0.732. The Balaban J connectivity index is 2.03. The molecular weight excluding hydrogens is 219 g/mol. The number of aromatic nitrogens is 2. The highest BCUT2D eigenvalue weighted by Crippen LogP contribution is 2.19. The first kappa shape index (κ1) is 12.2. The zero-order valence-electron chi connectivity index (χ0n) is 10.4. The molecule has 2 rings (SSSR count). The third-order valence-corrected chi connectivity index (χ3v) is 3.30. The molecule has 0 aliphatic carbocycles. The second-order valence-electron chi connectivity index (χ2n) is 4.67. The molecule has 0 aromatic carbocycles. The van der Waals surface area contributed by atoms with Crippen LogP contribution in [0.4, 0.5) is 10.2 Å². The maximum atomic E-state index is 13.8. The van der Waals surface area contributed by atoms with Crippen molar-refractivity contribution in [3.05, 3.63) is 17.8 Å². The summed E-state index contributed by atoms with van der Waals surface area (Å²) in [6, 6.07) is 0. The highest BCUT2D eigenvalue weighted by atomic mass is 19.1. The van der Waals surface area contributed by atoms with Crippen molar-refractivity contribution in [1.82, 2.24) is 15.3 Å². The van der Waals surface area contributed by atoms with Gasteiger partial charge < -0.3 is 10.2 Å². The second-order valence-corrected chi connectivity index (χ2v) is 4.67. The van der Waals surface area contributed by atoms with Crippen LogP contribution in [0.15, 0.2) is 6.33 Å². The quantitative estimate of drug-likeness (QED) is 0.863. The third-order valence-electron chi connectivity index (χ3n) is 3.30. The highest BCUT2D eigenvalue weighted by Gasteiger charge is 2.18. The van der Waals surface area contributed by atoms with Gasteiger partial charge in [0.25, 0.3) is 0 Å². The van der Waals surface area contributed by atoms with Crippen LogP contribution in [-0.2, 0) is 0 Å². The molecule has 1 fully saturated rings. The topological polar surface area (TPSA) is 41.1 Å². The number of rotatable bonds is 3. The maximum Gasteiger partial charge on any atom is 0.186 e. The van der Waals surface area contributed by atoms with Crippen molar-refractivity contribution in [2.24, 2.45) is 5.92 Å². The summed E-state index contributed by atoms with van der Waals surface area (Å²) in [6.07, 6.45) is 3.72. The predicted octanol–water partition coefficient (Wildman–Crippen LogP) is 1.36. The Hall–Kier alpha value is -1.23. The predicted molar refractivity (Wildman–Crippen MR) is 65.6 cm³/mol. The number of nitrogens with zero attached hydrogens (tertiary/aromatic N) is 3. The zero-order chi connectivity index (χ0) is 12.3. The van der Waals surface area contributed by atoms with Gasteiger partial charge in [-0.3, -0.25) is 0 Å². The molecular formula is C12H19FN4. The molecule has 17 heavy (non-hydrogen) atoms. The van der Waals surface area contributed by atoms with Gasteiger partial charge in [0.15, 0.2) is 11.6 Å². The normalized spacial score (nSPS) is 17.1. The monoisotopic (exact) mass is 238 g/mol. The minimum absolute atomic E-state index is 0.302. The molecule has 1 saturated heterocycles. The van der Waals surface area contributed by atoms with Crippen LogP contribution in [-0.4, -0.2) is 36.6 Å². The molecule has 1 aromatic rings. The lowest BCUT2D eigenvalue weighted by Crippen LogP contribution is -2.35. The molecule has 1 aliphatic rings. The Labute approximate surface area is 101 Å². The van der Waals surface area contributed by atoms with Crippen LogP contribution >= 0.6 is 0 Å². The van der Waals surface area contributed by atoms with Crippen molar-refractivity contribution >= 4 is 5.82 Å². The van der Waals surface area contributed by atoms with Crippen LogP contribution in [0.3, 0.4) is 0 Å². The van der Waals surface area contributed by atoms with Gasteiger partial charge in [-0.15, -0.1) is 0 Å². The lowest BCUT2D eigenvalue weighted by atomic mass is 9.98. The summed E-state index contributed by atoms with van der Waals surface area (Å²) in [5, 5.41) is 3.33. The zero-order valence-corrected chi connectivity index (χ0v) is 10.4. The molecule has 0 amide bonds. The van der Waals surface area contributed by atoms with Crippen LogP contribution < -0.4 is 10.2 Å². The van der Waals surface area contributed by atoms with Crippen molar-refractivity contribution in [2.75, 3.05) is 31.6 Å². The van der Waals surface area contributed by atoms with Gasteiger partial charge in [0, 0.05) is 13.6 Å². The van der Waals surface area contributed by atoms with Gasteiger partial charge in [0.05, 0.1) is 5.69 Å². The van der Waals surface area contributed by atoms with E-state index in [1.54, 1.807) is 6.92 Å². The molecule has 1 N–H and O–H groups in total. The van der Waals surface area contributed by atoms with E-state index in [9.17, 15) is 4.39 Å². The molecule has 0 unspecified atom stereocenters. The summed E-state index contributed by atoms with van der Waals surface area (Å²) in [4.78, 5) is 9.78. The summed E-state index contributed by atoms with van der Waals surface area (Å²) < 4.78 is 13.8. The molecule has 0 radical (unpaired) electrons. The Morgan fingerprint density at radius 3 is 2.82 bits per heavy atom. The number of nitrogens with one attached hydrogen (secondary N) is 1. The number of piperidine rings is 1. The Kier molecular flexibility index (Phi) is 3.89.